The van der Waals surface area contributed by atoms with Crippen molar-refractivity contribution < 1.29 is 0 Å². The van der Waals surface area contributed by atoms with Gasteiger partial charge in [0.25, 0.3) is 0 Å². The predicted molar refractivity (Wildman–Crippen MR) is 245 cm³/mol. The average molecular weight is 770 g/mol. The maximum Gasteiger partial charge on any atom is 0.164 e. The fraction of sp³-hybridized carbons (Fsp3) is 0.175. The third kappa shape index (κ3) is 5.11. The smallest absolute Gasteiger partial charge is 0.164 e. The first-order chi connectivity index (χ1) is 29.7. The highest BCUT2D eigenvalue weighted by atomic mass is 15.0. The SMILES string of the molecule is c1ccc(-c2cc(-c3ccccc3)cc(-c3nc(-c4ccccc4)nc(-c4cccc5cc6c(cc45)C4(c5c-6ccc6ccccc56)C5CC6CC(C5)CC4C6)n3)c2)cc1. The van der Waals surface area contributed by atoms with Gasteiger partial charge in [0.15, 0.2) is 17.5 Å². The lowest BCUT2D eigenvalue weighted by molar-refractivity contribution is -0.0393. The molecule has 0 unspecified atom stereocenters. The van der Waals surface area contributed by atoms with Crippen LogP contribution in [0.1, 0.15) is 43.2 Å². The Hall–Kier alpha value is -6.71. The zero-order valence-electron chi connectivity index (χ0n) is 33.4. The first-order valence-electron chi connectivity index (χ1n) is 21.9. The van der Waals surface area contributed by atoms with Crippen LogP contribution in [0.2, 0.25) is 0 Å². The molecule has 9 aromatic rings. The Morgan fingerprint density at radius 1 is 0.350 bits per heavy atom. The largest absolute Gasteiger partial charge is 0.208 e. The van der Waals surface area contributed by atoms with Crippen molar-refractivity contribution in [2.75, 3.05) is 0 Å². The molecule has 0 radical (unpaired) electrons. The molecule has 4 saturated carbocycles. The third-order valence-corrected chi connectivity index (χ3v) is 14.8. The molecule has 0 N–H and O–H groups in total. The lowest BCUT2D eigenvalue weighted by Crippen LogP contribution is -2.55. The van der Waals surface area contributed by atoms with E-state index < -0.39 is 0 Å². The zero-order chi connectivity index (χ0) is 39.4. The van der Waals surface area contributed by atoms with E-state index in [1.165, 1.54) is 64.8 Å². The highest BCUT2D eigenvalue weighted by molar-refractivity contribution is 6.04. The summed E-state index contributed by atoms with van der Waals surface area (Å²) < 4.78 is 0. The Balaban J connectivity index is 1.05. The monoisotopic (exact) mass is 769 g/mol. The second-order valence-corrected chi connectivity index (χ2v) is 18.0. The van der Waals surface area contributed by atoms with Gasteiger partial charge in [0.05, 0.1) is 0 Å². The van der Waals surface area contributed by atoms with Crippen molar-refractivity contribution in [2.24, 2.45) is 23.7 Å². The van der Waals surface area contributed by atoms with E-state index in [0.717, 1.165) is 50.8 Å². The summed E-state index contributed by atoms with van der Waals surface area (Å²) in [5.74, 6) is 5.12. The number of fused-ring (bicyclic) bond motifs is 6. The normalized spacial score (nSPS) is 22.1. The van der Waals surface area contributed by atoms with Crippen LogP contribution in [0.5, 0.6) is 0 Å². The van der Waals surface area contributed by atoms with Crippen molar-refractivity contribution in [3.05, 3.63) is 187 Å². The molecule has 1 aromatic heterocycles. The first-order valence-corrected chi connectivity index (χ1v) is 21.9. The van der Waals surface area contributed by atoms with E-state index in [9.17, 15) is 0 Å². The van der Waals surface area contributed by atoms with Crippen LogP contribution in [0.15, 0.2) is 176 Å². The molecule has 0 aliphatic heterocycles. The number of hydrogen-bond acceptors (Lipinski definition) is 3. The quantitative estimate of drug-likeness (QED) is 0.175. The molecule has 14 rings (SSSR count). The van der Waals surface area contributed by atoms with Gasteiger partial charge in [-0.1, -0.05) is 146 Å². The van der Waals surface area contributed by atoms with Gasteiger partial charge in [-0.15, -0.1) is 0 Å². The van der Waals surface area contributed by atoms with Crippen LogP contribution in [-0.2, 0) is 5.41 Å². The maximum atomic E-state index is 5.45. The molecule has 5 aliphatic carbocycles. The van der Waals surface area contributed by atoms with Gasteiger partial charge in [-0.3, -0.25) is 0 Å². The summed E-state index contributed by atoms with van der Waals surface area (Å²) in [4.78, 5) is 16.0. The Morgan fingerprint density at radius 2 is 0.900 bits per heavy atom. The van der Waals surface area contributed by atoms with Gasteiger partial charge in [0, 0.05) is 22.1 Å². The van der Waals surface area contributed by atoms with Gasteiger partial charge in [-0.05, 0) is 152 Å². The molecular weight excluding hydrogens is 727 g/mol. The molecule has 1 heterocycles. The van der Waals surface area contributed by atoms with Crippen LogP contribution < -0.4 is 0 Å². The lowest BCUT2D eigenvalue weighted by atomic mass is 9.43. The van der Waals surface area contributed by atoms with Crippen molar-refractivity contribution in [3.63, 3.8) is 0 Å². The minimum atomic E-state index is 0.0193. The molecule has 5 aliphatic rings. The summed E-state index contributed by atoms with van der Waals surface area (Å²) in [6.45, 7) is 0. The van der Waals surface area contributed by atoms with Crippen LogP contribution >= 0.6 is 0 Å². The summed E-state index contributed by atoms with van der Waals surface area (Å²) in [7, 11) is 0. The second-order valence-electron chi connectivity index (χ2n) is 18.0. The average Bonchev–Trinajstić information content (AvgIpc) is 3.60. The van der Waals surface area contributed by atoms with E-state index in [0.29, 0.717) is 29.3 Å². The summed E-state index contributed by atoms with van der Waals surface area (Å²) in [6.07, 6.45) is 6.82. The molecule has 8 aromatic carbocycles. The molecule has 3 heteroatoms. The van der Waals surface area contributed by atoms with Gasteiger partial charge in [-0.25, -0.2) is 15.0 Å². The maximum absolute atomic E-state index is 5.45. The molecule has 0 saturated heterocycles. The van der Waals surface area contributed by atoms with Crippen molar-refractivity contribution in [2.45, 2.75) is 37.5 Å². The Bertz CT molecular complexity index is 3070. The van der Waals surface area contributed by atoms with Crippen LogP contribution in [0.4, 0.5) is 0 Å². The molecule has 286 valence electrons. The van der Waals surface area contributed by atoms with Crippen molar-refractivity contribution in [1.82, 2.24) is 15.0 Å². The molecule has 3 nitrogen and oxygen atoms in total. The standard InChI is InChI=1S/C57H43N3/c1-4-13-37(14-5-1)42-30-43(38-15-6-2-7-16-38)32-44(31-42)55-58-54(40-18-8-3-9-19-40)59-56(60-55)49-22-12-20-41-33-51-48-24-23-39-17-10-11-21-47(39)53(48)57(52(51)34-50(41)49)45-26-35-25-36(28-45)29-46(57)27-35/h1-24,30-36,45-46H,25-29H2. The predicted octanol–water partition coefficient (Wildman–Crippen LogP) is 14.2. The molecule has 1 spiro atoms. The summed E-state index contributed by atoms with van der Waals surface area (Å²) in [5, 5.41) is 5.26. The fourth-order valence-corrected chi connectivity index (χ4v) is 12.6. The molecule has 0 amide bonds. The summed E-state index contributed by atoms with van der Waals surface area (Å²) in [5.41, 5.74) is 13.6. The Kier molecular flexibility index (Phi) is 7.49. The molecular formula is C57H43N3. The van der Waals surface area contributed by atoms with Crippen LogP contribution in [-0.4, -0.2) is 15.0 Å². The number of rotatable bonds is 5. The van der Waals surface area contributed by atoms with E-state index in [4.69, 9.17) is 15.0 Å². The van der Waals surface area contributed by atoms with E-state index in [-0.39, 0.29) is 5.41 Å². The van der Waals surface area contributed by atoms with Gasteiger partial charge in [-0.2, -0.15) is 0 Å². The highest BCUT2D eigenvalue weighted by Crippen LogP contribution is 2.70. The van der Waals surface area contributed by atoms with Gasteiger partial charge in [0.1, 0.15) is 0 Å². The minimum Gasteiger partial charge on any atom is -0.208 e. The Morgan fingerprint density at radius 3 is 1.57 bits per heavy atom. The van der Waals surface area contributed by atoms with E-state index in [2.05, 4.69) is 176 Å². The topological polar surface area (TPSA) is 38.7 Å². The zero-order valence-corrected chi connectivity index (χ0v) is 33.4. The molecule has 60 heavy (non-hydrogen) atoms. The third-order valence-electron chi connectivity index (χ3n) is 14.8. The highest BCUT2D eigenvalue weighted by Gasteiger charge is 2.62. The first kappa shape index (κ1) is 34.2. The minimum absolute atomic E-state index is 0.0193. The Labute approximate surface area is 350 Å². The molecule has 0 atom stereocenters. The van der Waals surface area contributed by atoms with Crippen LogP contribution in [0.25, 0.3) is 89.1 Å². The summed E-state index contributed by atoms with van der Waals surface area (Å²) >= 11 is 0. The molecule has 4 fully saturated rings. The number of nitrogens with zero attached hydrogens (tertiary/aromatic N) is 3. The molecule has 4 bridgehead atoms. The van der Waals surface area contributed by atoms with E-state index in [1.54, 1.807) is 11.1 Å². The van der Waals surface area contributed by atoms with Crippen molar-refractivity contribution >= 4 is 21.5 Å². The number of benzene rings is 8. The van der Waals surface area contributed by atoms with E-state index >= 15 is 0 Å². The second kappa shape index (κ2) is 13.1. The van der Waals surface area contributed by atoms with Crippen molar-refractivity contribution in [1.29, 1.82) is 0 Å². The van der Waals surface area contributed by atoms with Gasteiger partial charge in [0.2, 0.25) is 0 Å². The van der Waals surface area contributed by atoms with Crippen LogP contribution in [0.3, 0.4) is 0 Å². The fourth-order valence-electron chi connectivity index (χ4n) is 12.6. The summed E-state index contributed by atoms with van der Waals surface area (Å²) in [6, 6.07) is 64.2. The van der Waals surface area contributed by atoms with Gasteiger partial charge >= 0.3 is 0 Å². The van der Waals surface area contributed by atoms with Crippen molar-refractivity contribution in [3.8, 4) is 67.5 Å². The van der Waals surface area contributed by atoms with Crippen LogP contribution in [0, 0.1) is 23.7 Å². The van der Waals surface area contributed by atoms with Gasteiger partial charge < -0.3 is 0 Å². The number of hydrogen-bond donors (Lipinski definition) is 0. The van der Waals surface area contributed by atoms with E-state index in [1.807, 2.05) is 0 Å². The lowest BCUT2D eigenvalue weighted by Gasteiger charge is -2.61. The number of aromatic nitrogens is 3.